The van der Waals surface area contributed by atoms with Crippen molar-refractivity contribution >= 4 is 5.97 Å². The molecule has 0 saturated carbocycles. The Morgan fingerprint density at radius 2 is 2.00 bits per heavy atom. The molecule has 0 aromatic carbocycles. The lowest BCUT2D eigenvalue weighted by Crippen LogP contribution is -2.50. The number of rotatable bonds is 9. The second kappa shape index (κ2) is 8.48. The maximum absolute atomic E-state index is 11.7. The summed E-state index contributed by atoms with van der Waals surface area (Å²) >= 11 is 0. The number of ether oxygens (including phenoxy) is 2. The number of methoxy groups -OCH3 is 1. The molecular formula is C13H27NO3. The first-order valence-corrected chi connectivity index (χ1v) is 6.37. The van der Waals surface area contributed by atoms with Gasteiger partial charge in [0.05, 0.1) is 7.11 Å². The first kappa shape index (κ1) is 16.4. The van der Waals surface area contributed by atoms with E-state index in [1.165, 1.54) is 7.11 Å². The summed E-state index contributed by atoms with van der Waals surface area (Å²) in [5, 5.41) is 3.15. The molecule has 0 amide bonds. The van der Waals surface area contributed by atoms with E-state index in [2.05, 4.69) is 19.2 Å². The van der Waals surface area contributed by atoms with Crippen molar-refractivity contribution in [3.05, 3.63) is 0 Å². The highest BCUT2D eigenvalue weighted by Gasteiger charge is 2.32. The highest BCUT2D eigenvalue weighted by Crippen LogP contribution is 2.12. The molecule has 0 rings (SSSR count). The fourth-order valence-electron chi connectivity index (χ4n) is 1.58. The monoisotopic (exact) mass is 245 g/mol. The van der Waals surface area contributed by atoms with E-state index in [4.69, 9.17) is 9.47 Å². The third kappa shape index (κ3) is 6.64. The van der Waals surface area contributed by atoms with Crippen LogP contribution in [0, 0.1) is 5.92 Å². The lowest BCUT2D eigenvalue weighted by Gasteiger charge is -2.27. The Morgan fingerprint density at radius 3 is 2.47 bits per heavy atom. The Bertz CT molecular complexity index is 219. The number of carbonyl (C=O) groups is 1. The highest BCUT2D eigenvalue weighted by atomic mass is 16.5. The van der Waals surface area contributed by atoms with Crippen molar-refractivity contribution in [1.82, 2.24) is 5.32 Å². The van der Waals surface area contributed by atoms with Gasteiger partial charge < -0.3 is 14.8 Å². The van der Waals surface area contributed by atoms with Crippen LogP contribution in [0.1, 0.15) is 40.5 Å². The lowest BCUT2D eigenvalue weighted by atomic mass is 9.98. The number of likely N-dealkylation sites (N-methyl/N-ethyl adjacent to an activating group) is 1. The molecule has 4 nitrogen and oxygen atoms in total. The molecule has 0 fully saturated rings. The van der Waals surface area contributed by atoms with Gasteiger partial charge in [-0.2, -0.15) is 0 Å². The van der Waals surface area contributed by atoms with Crippen LogP contribution in [0.5, 0.6) is 0 Å². The van der Waals surface area contributed by atoms with E-state index < -0.39 is 5.54 Å². The van der Waals surface area contributed by atoms with Crippen molar-refractivity contribution in [3.63, 3.8) is 0 Å². The SMILES string of the molecule is CCNC(C)(CCOCCC(C)C)C(=O)OC. The van der Waals surface area contributed by atoms with Gasteiger partial charge in [-0.15, -0.1) is 0 Å². The summed E-state index contributed by atoms with van der Waals surface area (Å²) < 4.78 is 10.3. The molecule has 0 aromatic rings. The molecule has 0 aliphatic heterocycles. The van der Waals surface area contributed by atoms with Crippen LogP contribution in [0.3, 0.4) is 0 Å². The molecule has 1 N–H and O–H groups in total. The zero-order valence-corrected chi connectivity index (χ0v) is 11.8. The third-order valence-corrected chi connectivity index (χ3v) is 2.79. The standard InChI is InChI=1S/C13H27NO3/c1-6-14-13(4,12(15)16-5)8-10-17-9-7-11(2)3/h11,14H,6-10H2,1-5H3. The zero-order chi connectivity index (χ0) is 13.3. The predicted molar refractivity (Wildman–Crippen MR) is 69.0 cm³/mol. The van der Waals surface area contributed by atoms with Crippen molar-refractivity contribution in [3.8, 4) is 0 Å². The Morgan fingerprint density at radius 1 is 1.35 bits per heavy atom. The minimum atomic E-state index is -0.638. The molecule has 0 heterocycles. The first-order valence-electron chi connectivity index (χ1n) is 6.37. The van der Waals surface area contributed by atoms with E-state index in [0.29, 0.717) is 18.9 Å². The summed E-state index contributed by atoms with van der Waals surface area (Å²) in [5.41, 5.74) is -0.638. The van der Waals surface area contributed by atoms with Crippen molar-refractivity contribution in [2.75, 3.05) is 26.9 Å². The minimum Gasteiger partial charge on any atom is -0.468 e. The summed E-state index contributed by atoms with van der Waals surface area (Å²) in [6.45, 7) is 10.2. The molecule has 0 spiro atoms. The maximum Gasteiger partial charge on any atom is 0.325 e. The largest absolute Gasteiger partial charge is 0.468 e. The molecule has 0 radical (unpaired) electrons. The summed E-state index contributed by atoms with van der Waals surface area (Å²) in [6, 6.07) is 0. The Hall–Kier alpha value is -0.610. The van der Waals surface area contributed by atoms with Gasteiger partial charge in [-0.05, 0) is 32.2 Å². The van der Waals surface area contributed by atoms with Crippen LogP contribution >= 0.6 is 0 Å². The molecule has 0 aromatic heterocycles. The van der Waals surface area contributed by atoms with Crippen LogP contribution in [0.15, 0.2) is 0 Å². The molecule has 1 atom stereocenters. The number of hydrogen-bond acceptors (Lipinski definition) is 4. The van der Waals surface area contributed by atoms with Crippen LogP contribution in [0.25, 0.3) is 0 Å². The second-order valence-corrected chi connectivity index (χ2v) is 4.90. The lowest BCUT2D eigenvalue weighted by molar-refractivity contribution is -0.148. The minimum absolute atomic E-state index is 0.230. The smallest absolute Gasteiger partial charge is 0.325 e. The number of carbonyl (C=O) groups excluding carboxylic acids is 1. The molecular weight excluding hydrogens is 218 g/mol. The van der Waals surface area contributed by atoms with Gasteiger partial charge in [-0.3, -0.25) is 4.79 Å². The number of esters is 1. The van der Waals surface area contributed by atoms with Crippen molar-refractivity contribution < 1.29 is 14.3 Å². The summed E-state index contributed by atoms with van der Waals surface area (Å²) in [5.74, 6) is 0.419. The van der Waals surface area contributed by atoms with Crippen molar-refractivity contribution in [1.29, 1.82) is 0 Å². The molecule has 0 saturated heterocycles. The molecule has 4 heteroatoms. The average molecular weight is 245 g/mol. The maximum atomic E-state index is 11.7. The van der Waals surface area contributed by atoms with Gasteiger partial charge in [0.1, 0.15) is 5.54 Å². The average Bonchev–Trinajstić information content (AvgIpc) is 2.27. The topological polar surface area (TPSA) is 47.6 Å². The van der Waals surface area contributed by atoms with Gasteiger partial charge in [-0.1, -0.05) is 20.8 Å². The van der Waals surface area contributed by atoms with Crippen LogP contribution in [-0.2, 0) is 14.3 Å². The van der Waals surface area contributed by atoms with Crippen LogP contribution in [-0.4, -0.2) is 38.4 Å². The van der Waals surface area contributed by atoms with E-state index in [1.54, 1.807) is 0 Å². The van der Waals surface area contributed by atoms with E-state index in [0.717, 1.165) is 19.6 Å². The normalized spacial score (nSPS) is 14.7. The molecule has 0 aliphatic carbocycles. The Balaban J connectivity index is 3.97. The highest BCUT2D eigenvalue weighted by molar-refractivity contribution is 5.80. The van der Waals surface area contributed by atoms with Gasteiger partial charge in [0.2, 0.25) is 0 Å². The predicted octanol–water partition coefficient (Wildman–Crippen LogP) is 1.98. The van der Waals surface area contributed by atoms with E-state index in [-0.39, 0.29) is 5.97 Å². The molecule has 17 heavy (non-hydrogen) atoms. The summed E-state index contributed by atoms with van der Waals surface area (Å²) in [4.78, 5) is 11.7. The molecule has 102 valence electrons. The molecule has 0 aliphatic rings. The van der Waals surface area contributed by atoms with Crippen molar-refractivity contribution in [2.45, 2.75) is 46.1 Å². The van der Waals surface area contributed by atoms with Gasteiger partial charge in [0.15, 0.2) is 0 Å². The molecule has 1 unspecified atom stereocenters. The number of hydrogen-bond donors (Lipinski definition) is 1. The first-order chi connectivity index (χ1) is 7.96. The van der Waals surface area contributed by atoms with Crippen molar-refractivity contribution in [2.24, 2.45) is 5.92 Å². The fourth-order valence-corrected chi connectivity index (χ4v) is 1.58. The van der Waals surface area contributed by atoms with Gasteiger partial charge in [0.25, 0.3) is 0 Å². The van der Waals surface area contributed by atoms with E-state index in [1.807, 2.05) is 13.8 Å². The molecule has 0 bridgehead atoms. The van der Waals surface area contributed by atoms with Crippen LogP contribution < -0.4 is 5.32 Å². The van der Waals surface area contributed by atoms with E-state index in [9.17, 15) is 4.79 Å². The van der Waals surface area contributed by atoms with Crippen LogP contribution in [0.4, 0.5) is 0 Å². The Kier molecular flexibility index (Phi) is 8.17. The summed E-state index contributed by atoms with van der Waals surface area (Å²) in [7, 11) is 1.41. The van der Waals surface area contributed by atoms with Gasteiger partial charge >= 0.3 is 5.97 Å². The fraction of sp³-hybridized carbons (Fsp3) is 0.923. The van der Waals surface area contributed by atoms with Gasteiger partial charge in [-0.25, -0.2) is 0 Å². The third-order valence-electron chi connectivity index (χ3n) is 2.79. The Labute approximate surface area is 105 Å². The second-order valence-electron chi connectivity index (χ2n) is 4.90. The van der Waals surface area contributed by atoms with Crippen LogP contribution in [0.2, 0.25) is 0 Å². The summed E-state index contributed by atoms with van der Waals surface area (Å²) in [6.07, 6.45) is 1.68. The van der Waals surface area contributed by atoms with Gasteiger partial charge in [0, 0.05) is 13.2 Å². The zero-order valence-electron chi connectivity index (χ0n) is 11.8. The number of nitrogens with one attached hydrogen (secondary N) is 1. The quantitative estimate of drug-likeness (QED) is 0.498. The van der Waals surface area contributed by atoms with E-state index >= 15 is 0 Å².